The first kappa shape index (κ1) is 57.9. The molecule has 0 rings (SSSR count). The van der Waals surface area contributed by atoms with Crippen LogP contribution in [-0.2, 0) is 32.7 Å². The third-order valence-electron chi connectivity index (χ3n) is 10.2. The molecular formula is C47H85O12P. The SMILES string of the molecule is CCCCC/C=C\C[C@H](O)/C=C/C=C/C=C\[C@H](O)CCCC(=O)O[C@H](COC(=O)CCCCCCCCCCCCCCCCC(C)CC)COP(=O)(O)OC[C@@H](O)CO. The second-order valence-corrected chi connectivity index (χ2v) is 17.5. The van der Waals surface area contributed by atoms with Gasteiger partial charge in [-0.25, -0.2) is 4.57 Å². The van der Waals surface area contributed by atoms with E-state index < -0.39 is 70.6 Å². The van der Waals surface area contributed by atoms with Crippen molar-refractivity contribution in [1.29, 1.82) is 0 Å². The molecule has 60 heavy (non-hydrogen) atoms. The van der Waals surface area contributed by atoms with Gasteiger partial charge in [-0.2, -0.15) is 0 Å². The second-order valence-electron chi connectivity index (χ2n) is 16.1. The predicted octanol–water partition coefficient (Wildman–Crippen LogP) is 10.3. The third kappa shape index (κ3) is 40.0. The standard InChI is InChI=1S/C47H85O12P/c1-4-6-7-8-20-25-31-42(49)32-26-22-23-27-33-43(50)34-29-36-47(53)59-45(40-58-60(54,55)57-38-44(51)37-48)39-56-46(52)35-28-21-18-16-14-12-10-9-11-13-15-17-19-24-30-41(3)5-2/h20,22-23,25-27,32-33,41-45,48-51H,4-19,21,24,28-31,34-40H2,1-3H3,(H,54,55)/b23-22+,25-20-,32-26+,33-27-/t41?,42-,43-,44-,45+/m0/s1. The average Bonchev–Trinajstić information content (AvgIpc) is 3.23. The molecule has 0 aliphatic rings. The zero-order valence-corrected chi connectivity index (χ0v) is 38.4. The summed E-state index contributed by atoms with van der Waals surface area (Å²) in [6, 6.07) is 0. The summed E-state index contributed by atoms with van der Waals surface area (Å²) in [6.07, 6.45) is 35.6. The highest BCUT2D eigenvalue weighted by Crippen LogP contribution is 2.43. The Hall–Kier alpha value is -2.15. The number of allylic oxidation sites excluding steroid dienone is 5. The molecule has 0 aliphatic heterocycles. The van der Waals surface area contributed by atoms with E-state index in [2.05, 4.69) is 31.4 Å². The molecule has 0 saturated carbocycles. The van der Waals surface area contributed by atoms with E-state index >= 15 is 0 Å². The van der Waals surface area contributed by atoms with Crippen LogP contribution in [0.4, 0.5) is 0 Å². The lowest BCUT2D eigenvalue weighted by atomic mass is 9.99. The molecule has 0 aromatic carbocycles. The van der Waals surface area contributed by atoms with Crippen LogP contribution in [0, 0.1) is 5.92 Å². The molecule has 0 heterocycles. The summed E-state index contributed by atoms with van der Waals surface area (Å²) >= 11 is 0. The van der Waals surface area contributed by atoms with E-state index in [9.17, 15) is 34.4 Å². The van der Waals surface area contributed by atoms with E-state index in [1.54, 1.807) is 36.5 Å². The number of esters is 2. The topological polar surface area (TPSA) is 189 Å². The lowest BCUT2D eigenvalue weighted by molar-refractivity contribution is -0.161. The normalized spacial score (nSPS) is 15.8. The minimum atomic E-state index is -4.69. The highest BCUT2D eigenvalue weighted by Gasteiger charge is 2.27. The summed E-state index contributed by atoms with van der Waals surface area (Å²) in [5.41, 5.74) is 0. The smallest absolute Gasteiger partial charge is 0.462 e. The van der Waals surface area contributed by atoms with Crippen LogP contribution in [-0.4, -0.2) is 88.1 Å². The Morgan fingerprint density at radius 1 is 0.617 bits per heavy atom. The largest absolute Gasteiger partial charge is 0.472 e. The lowest BCUT2D eigenvalue weighted by Gasteiger charge is -2.20. The van der Waals surface area contributed by atoms with Crippen molar-refractivity contribution in [3.63, 3.8) is 0 Å². The first-order chi connectivity index (χ1) is 28.9. The molecule has 13 heteroatoms. The van der Waals surface area contributed by atoms with Crippen molar-refractivity contribution in [1.82, 2.24) is 0 Å². The van der Waals surface area contributed by atoms with Crippen molar-refractivity contribution in [2.24, 2.45) is 5.92 Å². The van der Waals surface area contributed by atoms with Gasteiger partial charge in [0.05, 0.1) is 32.0 Å². The zero-order chi connectivity index (χ0) is 44.5. The Morgan fingerprint density at radius 3 is 1.75 bits per heavy atom. The Bertz CT molecular complexity index is 1190. The third-order valence-corrected chi connectivity index (χ3v) is 11.2. The number of carbonyl (C=O) groups is 2. The molecule has 0 aliphatic carbocycles. The number of phosphoric ester groups is 1. The van der Waals surface area contributed by atoms with Crippen molar-refractivity contribution in [3.05, 3.63) is 48.6 Å². The molecule has 12 nitrogen and oxygen atoms in total. The van der Waals surface area contributed by atoms with Gasteiger partial charge in [0.1, 0.15) is 12.7 Å². The fourth-order valence-electron chi connectivity index (χ4n) is 6.16. The van der Waals surface area contributed by atoms with Crippen LogP contribution in [0.15, 0.2) is 48.6 Å². The molecule has 0 fully saturated rings. The molecule has 6 atom stereocenters. The first-order valence-corrected chi connectivity index (χ1v) is 24.7. The summed E-state index contributed by atoms with van der Waals surface area (Å²) < 4.78 is 32.6. The second kappa shape index (κ2) is 40.9. The summed E-state index contributed by atoms with van der Waals surface area (Å²) in [5.74, 6) is -0.300. The molecule has 5 N–H and O–H groups in total. The van der Waals surface area contributed by atoms with E-state index in [1.165, 1.54) is 89.9 Å². The highest BCUT2D eigenvalue weighted by atomic mass is 31.2. The van der Waals surface area contributed by atoms with E-state index in [1.807, 2.05) is 6.08 Å². The lowest BCUT2D eigenvalue weighted by Crippen LogP contribution is -2.30. The Kier molecular flexibility index (Phi) is 39.4. The molecule has 0 spiro atoms. The summed E-state index contributed by atoms with van der Waals surface area (Å²) in [7, 11) is -4.69. The zero-order valence-electron chi connectivity index (χ0n) is 37.6. The molecule has 0 amide bonds. The van der Waals surface area contributed by atoms with Crippen molar-refractivity contribution in [2.45, 2.75) is 206 Å². The van der Waals surface area contributed by atoms with Gasteiger partial charge in [0.2, 0.25) is 0 Å². The van der Waals surface area contributed by atoms with Gasteiger partial charge in [0.15, 0.2) is 6.10 Å². The van der Waals surface area contributed by atoms with Crippen LogP contribution in [0.5, 0.6) is 0 Å². The summed E-state index contributed by atoms with van der Waals surface area (Å²) in [5, 5.41) is 38.7. The maximum absolute atomic E-state index is 12.6. The van der Waals surface area contributed by atoms with E-state index in [-0.39, 0.29) is 25.7 Å². The Labute approximate surface area is 363 Å². The quantitative estimate of drug-likeness (QED) is 0.0129. The molecule has 0 radical (unpaired) electrons. The van der Waals surface area contributed by atoms with Crippen LogP contribution in [0.2, 0.25) is 0 Å². The maximum atomic E-state index is 12.6. The van der Waals surface area contributed by atoms with Crippen LogP contribution < -0.4 is 0 Å². The average molecular weight is 873 g/mol. The van der Waals surface area contributed by atoms with Gasteiger partial charge in [-0.3, -0.25) is 18.6 Å². The first-order valence-electron chi connectivity index (χ1n) is 23.2. The van der Waals surface area contributed by atoms with Gasteiger partial charge in [-0.05, 0) is 44.4 Å². The minimum absolute atomic E-state index is 0.0758. The van der Waals surface area contributed by atoms with Gasteiger partial charge in [-0.1, -0.05) is 179 Å². The number of carbonyl (C=O) groups excluding carboxylic acids is 2. The fourth-order valence-corrected chi connectivity index (χ4v) is 6.95. The molecule has 0 saturated heterocycles. The van der Waals surface area contributed by atoms with E-state index in [0.717, 1.165) is 38.0 Å². The maximum Gasteiger partial charge on any atom is 0.472 e. The van der Waals surface area contributed by atoms with Crippen LogP contribution in [0.25, 0.3) is 0 Å². The van der Waals surface area contributed by atoms with Crippen molar-refractivity contribution in [2.75, 3.05) is 26.4 Å². The molecule has 350 valence electrons. The number of phosphoric acid groups is 1. The highest BCUT2D eigenvalue weighted by molar-refractivity contribution is 7.47. The number of aliphatic hydroxyl groups excluding tert-OH is 4. The van der Waals surface area contributed by atoms with Crippen LogP contribution in [0.3, 0.4) is 0 Å². The molecule has 0 aromatic heterocycles. The number of ether oxygens (including phenoxy) is 2. The van der Waals surface area contributed by atoms with Gasteiger partial charge in [0, 0.05) is 12.8 Å². The van der Waals surface area contributed by atoms with Gasteiger partial charge in [0.25, 0.3) is 0 Å². The number of hydrogen-bond donors (Lipinski definition) is 5. The van der Waals surface area contributed by atoms with Crippen LogP contribution >= 0.6 is 7.82 Å². The molecule has 2 unspecified atom stereocenters. The van der Waals surface area contributed by atoms with Gasteiger partial charge >= 0.3 is 19.8 Å². The number of hydrogen-bond acceptors (Lipinski definition) is 11. The van der Waals surface area contributed by atoms with Gasteiger partial charge < -0.3 is 34.8 Å². The summed E-state index contributed by atoms with van der Waals surface area (Å²) in [4.78, 5) is 35.1. The molecule has 0 aromatic rings. The number of rotatable bonds is 42. The van der Waals surface area contributed by atoms with Gasteiger partial charge in [-0.15, -0.1) is 0 Å². The fraction of sp³-hybridized carbons (Fsp3) is 0.787. The van der Waals surface area contributed by atoms with Crippen molar-refractivity contribution >= 4 is 19.8 Å². The van der Waals surface area contributed by atoms with E-state index in [0.29, 0.717) is 12.8 Å². The molecule has 0 bridgehead atoms. The van der Waals surface area contributed by atoms with Crippen LogP contribution in [0.1, 0.15) is 181 Å². The molecular weight excluding hydrogens is 787 g/mol. The van der Waals surface area contributed by atoms with E-state index in [4.69, 9.17) is 19.1 Å². The monoisotopic (exact) mass is 873 g/mol. The Morgan fingerprint density at radius 2 is 1.17 bits per heavy atom. The number of unbranched alkanes of at least 4 members (excludes halogenated alkanes) is 16. The predicted molar refractivity (Wildman–Crippen MR) is 240 cm³/mol. The Balaban J connectivity index is 4.49. The number of aliphatic hydroxyl groups is 4. The summed E-state index contributed by atoms with van der Waals surface area (Å²) in [6.45, 7) is 4.41. The van der Waals surface area contributed by atoms with Crippen molar-refractivity contribution < 1.29 is 58.0 Å². The van der Waals surface area contributed by atoms with Crippen molar-refractivity contribution in [3.8, 4) is 0 Å². The minimum Gasteiger partial charge on any atom is -0.462 e.